The van der Waals surface area contributed by atoms with E-state index in [1.807, 2.05) is 60.0 Å². The summed E-state index contributed by atoms with van der Waals surface area (Å²) in [6.45, 7) is 0.867. The molecule has 0 saturated heterocycles. The lowest BCUT2D eigenvalue weighted by molar-refractivity contribution is -0.385. The van der Waals surface area contributed by atoms with E-state index < -0.39 is 0 Å². The van der Waals surface area contributed by atoms with E-state index in [2.05, 4.69) is 15.2 Å². The van der Waals surface area contributed by atoms with E-state index >= 15 is 0 Å². The molecular formula is C19H18N6O2. The van der Waals surface area contributed by atoms with Crippen molar-refractivity contribution in [3.8, 4) is 5.69 Å². The van der Waals surface area contributed by atoms with E-state index in [9.17, 15) is 10.1 Å². The molecule has 8 heteroatoms. The lowest BCUT2D eigenvalue weighted by Gasteiger charge is -2.15. The predicted molar refractivity (Wildman–Crippen MR) is 101 cm³/mol. The fourth-order valence-corrected chi connectivity index (χ4v) is 3.29. The van der Waals surface area contributed by atoms with E-state index in [-0.39, 0.29) is 10.6 Å². The highest BCUT2D eigenvalue weighted by atomic mass is 16.6. The predicted octanol–water partition coefficient (Wildman–Crippen LogP) is 2.59. The van der Waals surface area contributed by atoms with Crippen molar-refractivity contribution in [3.05, 3.63) is 81.4 Å². The second kappa shape index (κ2) is 6.73. The summed E-state index contributed by atoms with van der Waals surface area (Å²) in [7, 11) is 3.89. The van der Waals surface area contributed by atoms with Crippen molar-refractivity contribution < 1.29 is 4.92 Å². The molecule has 2 aromatic carbocycles. The van der Waals surface area contributed by atoms with E-state index in [0.29, 0.717) is 35.9 Å². The van der Waals surface area contributed by atoms with Gasteiger partial charge in [-0.3, -0.25) is 19.7 Å². The number of rotatable bonds is 4. The third kappa shape index (κ3) is 3.00. The van der Waals surface area contributed by atoms with Crippen LogP contribution in [0.15, 0.2) is 53.5 Å². The molecule has 3 aromatic rings. The van der Waals surface area contributed by atoms with E-state index in [1.165, 1.54) is 6.07 Å². The molecule has 8 nitrogen and oxygen atoms in total. The van der Waals surface area contributed by atoms with Crippen molar-refractivity contribution in [2.75, 3.05) is 14.1 Å². The van der Waals surface area contributed by atoms with Crippen molar-refractivity contribution in [2.45, 2.75) is 13.1 Å². The van der Waals surface area contributed by atoms with Crippen LogP contribution in [-0.2, 0) is 13.1 Å². The first-order chi connectivity index (χ1) is 13.1. The van der Waals surface area contributed by atoms with Crippen molar-refractivity contribution in [1.82, 2.24) is 19.7 Å². The molecule has 0 spiro atoms. The number of nitro benzene ring substituents is 1. The maximum atomic E-state index is 11.8. The maximum absolute atomic E-state index is 11.8. The molecule has 0 saturated carbocycles. The van der Waals surface area contributed by atoms with Crippen LogP contribution in [0.4, 0.5) is 5.69 Å². The smallest absolute Gasteiger partial charge is 0.280 e. The average Bonchev–Trinajstić information content (AvgIpc) is 2.95. The minimum atomic E-state index is -0.363. The molecule has 1 aliphatic rings. The van der Waals surface area contributed by atoms with Gasteiger partial charge in [-0.15, -0.1) is 10.2 Å². The monoisotopic (exact) mass is 362 g/mol. The van der Waals surface area contributed by atoms with Gasteiger partial charge in [0.2, 0.25) is 0 Å². The Hall–Kier alpha value is -3.39. The highest BCUT2D eigenvalue weighted by Crippen LogP contribution is 2.32. The normalized spacial score (nSPS) is 12.9. The molecule has 0 aliphatic carbocycles. The van der Waals surface area contributed by atoms with Crippen LogP contribution in [0.2, 0.25) is 0 Å². The Balaban J connectivity index is 2.01. The third-order valence-electron chi connectivity index (χ3n) is 4.38. The standard InChI is InChI=1S/C19H18N6O2/c1-23(2)12-17-22-21-16-11-20-19(13-7-4-3-5-8-13)18-14(24(16)17)9-6-10-15(18)25(26)27/h3-10H,11-12H2,1-2H3. The first-order valence-corrected chi connectivity index (χ1v) is 8.52. The van der Waals surface area contributed by atoms with Crippen molar-refractivity contribution >= 4 is 11.4 Å². The Kier molecular flexibility index (Phi) is 4.25. The number of aromatic nitrogens is 3. The highest BCUT2D eigenvalue weighted by Gasteiger charge is 2.29. The molecule has 0 fully saturated rings. The highest BCUT2D eigenvalue weighted by molar-refractivity contribution is 6.17. The third-order valence-corrected chi connectivity index (χ3v) is 4.38. The van der Waals surface area contributed by atoms with Gasteiger partial charge in [0.05, 0.1) is 22.9 Å². The molecule has 136 valence electrons. The van der Waals surface area contributed by atoms with Crippen LogP contribution in [-0.4, -0.2) is 44.4 Å². The van der Waals surface area contributed by atoms with Gasteiger partial charge in [-0.05, 0) is 20.2 Å². The van der Waals surface area contributed by atoms with Gasteiger partial charge >= 0.3 is 0 Å². The molecule has 0 atom stereocenters. The minimum Gasteiger partial charge on any atom is -0.302 e. The molecule has 2 heterocycles. The number of hydrogen-bond acceptors (Lipinski definition) is 6. The summed E-state index contributed by atoms with van der Waals surface area (Å²) in [5.74, 6) is 1.39. The molecule has 0 bridgehead atoms. The summed E-state index contributed by atoms with van der Waals surface area (Å²) in [6.07, 6.45) is 0. The minimum absolute atomic E-state index is 0.0208. The van der Waals surface area contributed by atoms with Crippen molar-refractivity contribution in [3.63, 3.8) is 0 Å². The largest absolute Gasteiger partial charge is 0.302 e. The lowest BCUT2D eigenvalue weighted by Crippen LogP contribution is -2.17. The SMILES string of the molecule is CN(C)Cc1nnc2n1-c1cccc([N+](=O)[O-])c1C(c1ccccc1)=NC2. The Morgan fingerprint density at radius 2 is 1.89 bits per heavy atom. The van der Waals surface area contributed by atoms with Gasteiger partial charge in [-0.2, -0.15) is 0 Å². The summed E-state index contributed by atoms with van der Waals surface area (Å²) in [5.41, 5.74) is 2.63. The average molecular weight is 362 g/mol. The van der Waals surface area contributed by atoms with Gasteiger partial charge in [0, 0.05) is 11.6 Å². The van der Waals surface area contributed by atoms with Crippen molar-refractivity contribution in [2.24, 2.45) is 4.99 Å². The van der Waals surface area contributed by atoms with Crippen LogP contribution in [0.3, 0.4) is 0 Å². The quantitative estimate of drug-likeness (QED) is 0.526. The van der Waals surface area contributed by atoms with E-state index in [0.717, 1.165) is 11.4 Å². The van der Waals surface area contributed by atoms with Gasteiger partial charge < -0.3 is 4.90 Å². The molecule has 0 unspecified atom stereocenters. The zero-order valence-electron chi connectivity index (χ0n) is 15.0. The second-order valence-electron chi connectivity index (χ2n) is 6.56. The van der Waals surface area contributed by atoms with E-state index in [4.69, 9.17) is 0 Å². The van der Waals surface area contributed by atoms with Crippen LogP contribution < -0.4 is 0 Å². The zero-order valence-corrected chi connectivity index (χ0v) is 15.0. The number of nitrogens with zero attached hydrogens (tertiary/aromatic N) is 6. The summed E-state index contributed by atoms with van der Waals surface area (Å²) < 4.78 is 1.89. The van der Waals surface area contributed by atoms with Gasteiger partial charge in [-0.1, -0.05) is 36.4 Å². The fraction of sp³-hybridized carbons (Fsp3) is 0.211. The zero-order chi connectivity index (χ0) is 19.0. The molecule has 0 radical (unpaired) electrons. The Morgan fingerprint density at radius 1 is 1.11 bits per heavy atom. The molecule has 27 heavy (non-hydrogen) atoms. The molecule has 0 N–H and O–H groups in total. The maximum Gasteiger partial charge on any atom is 0.280 e. The number of benzene rings is 2. The van der Waals surface area contributed by atoms with Crippen LogP contribution in [0, 0.1) is 10.1 Å². The lowest BCUT2D eigenvalue weighted by atomic mass is 9.98. The first-order valence-electron chi connectivity index (χ1n) is 8.52. The molecule has 0 amide bonds. The van der Waals surface area contributed by atoms with Crippen LogP contribution in [0.25, 0.3) is 5.69 Å². The first kappa shape index (κ1) is 17.0. The Morgan fingerprint density at radius 3 is 2.59 bits per heavy atom. The number of aliphatic imine (C=N–C) groups is 1. The van der Waals surface area contributed by atoms with Gasteiger partial charge in [0.15, 0.2) is 11.6 Å². The number of fused-ring (bicyclic) bond motifs is 3. The second-order valence-corrected chi connectivity index (χ2v) is 6.56. The van der Waals surface area contributed by atoms with Gasteiger partial charge in [0.25, 0.3) is 5.69 Å². The number of nitro groups is 1. The van der Waals surface area contributed by atoms with Gasteiger partial charge in [0.1, 0.15) is 12.1 Å². The Labute approximate surface area is 155 Å². The van der Waals surface area contributed by atoms with E-state index in [1.54, 1.807) is 6.07 Å². The Bertz CT molecular complexity index is 1040. The summed E-state index contributed by atoms with van der Waals surface area (Å²) in [4.78, 5) is 18.1. The summed E-state index contributed by atoms with van der Waals surface area (Å²) in [6, 6.07) is 14.6. The van der Waals surface area contributed by atoms with Crippen LogP contribution in [0.5, 0.6) is 0 Å². The molecule has 1 aliphatic heterocycles. The molecule has 4 rings (SSSR count). The topological polar surface area (TPSA) is 89.5 Å². The molecule has 1 aromatic heterocycles. The van der Waals surface area contributed by atoms with Crippen LogP contribution in [0.1, 0.15) is 22.8 Å². The van der Waals surface area contributed by atoms with Crippen molar-refractivity contribution in [1.29, 1.82) is 0 Å². The number of hydrogen-bond donors (Lipinski definition) is 0. The van der Waals surface area contributed by atoms with Gasteiger partial charge in [-0.25, -0.2) is 0 Å². The summed E-state index contributed by atoms with van der Waals surface area (Å²) >= 11 is 0. The molecular weight excluding hydrogens is 344 g/mol. The fourth-order valence-electron chi connectivity index (χ4n) is 3.29. The van der Waals surface area contributed by atoms with Crippen LogP contribution >= 0.6 is 0 Å². The summed E-state index contributed by atoms with van der Waals surface area (Å²) in [5, 5.41) is 20.3.